The van der Waals surface area contributed by atoms with Gasteiger partial charge in [0.25, 0.3) is 0 Å². The molecule has 0 heterocycles. The largest absolute Gasteiger partial charge is 0.480 e. The zero-order valence-electron chi connectivity index (χ0n) is 12.0. The Morgan fingerprint density at radius 3 is 2.33 bits per heavy atom. The van der Waals surface area contributed by atoms with Gasteiger partial charge in [-0.1, -0.05) is 30.3 Å². The molecule has 114 valence electrons. The van der Waals surface area contributed by atoms with Crippen molar-refractivity contribution >= 4 is 17.8 Å². The van der Waals surface area contributed by atoms with Crippen molar-refractivity contribution in [2.24, 2.45) is 0 Å². The van der Waals surface area contributed by atoms with Gasteiger partial charge in [-0.25, -0.2) is 0 Å². The van der Waals surface area contributed by atoms with Gasteiger partial charge in [0.1, 0.15) is 6.04 Å². The minimum absolute atomic E-state index is 0.0191. The molecular formula is C15H20N2O4. The molecule has 0 fully saturated rings. The number of hydrogen-bond acceptors (Lipinski definition) is 3. The van der Waals surface area contributed by atoms with E-state index in [1.165, 1.54) is 6.92 Å². The molecule has 1 rings (SSSR count). The van der Waals surface area contributed by atoms with E-state index in [0.717, 1.165) is 12.0 Å². The lowest BCUT2D eigenvalue weighted by molar-refractivity contribution is -0.141. The van der Waals surface area contributed by atoms with Gasteiger partial charge in [0.05, 0.1) is 0 Å². The molecule has 6 heteroatoms. The van der Waals surface area contributed by atoms with E-state index in [9.17, 15) is 14.4 Å². The monoisotopic (exact) mass is 292 g/mol. The summed E-state index contributed by atoms with van der Waals surface area (Å²) in [6, 6.07) is 8.81. The van der Waals surface area contributed by atoms with Crippen molar-refractivity contribution in [1.29, 1.82) is 0 Å². The van der Waals surface area contributed by atoms with E-state index in [-0.39, 0.29) is 18.7 Å². The fraction of sp³-hybridized carbons (Fsp3) is 0.400. The Hall–Kier alpha value is -2.37. The molecule has 1 unspecified atom stereocenters. The molecule has 0 spiro atoms. The SMILES string of the molecule is CC(NC(=O)CCC(=O)NCCc1ccccc1)C(=O)O. The third-order valence-electron chi connectivity index (χ3n) is 2.91. The van der Waals surface area contributed by atoms with Crippen LogP contribution in [-0.4, -0.2) is 35.5 Å². The van der Waals surface area contributed by atoms with Crippen LogP contribution in [0.15, 0.2) is 30.3 Å². The molecule has 1 aromatic carbocycles. The highest BCUT2D eigenvalue weighted by Gasteiger charge is 2.14. The average molecular weight is 292 g/mol. The molecule has 0 radical (unpaired) electrons. The summed E-state index contributed by atoms with van der Waals surface area (Å²) in [5, 5.41) is 13.7. The summed E-state index contributed by atoms with van der Waals surface area (Å²) >= 11 is 0. The first kappa shape index (κ1) is 16.7. The number of amides is 2. The van der Waals surface area contributed by atoms with Crippen molar-refractivity contribution in [1.82, 2.24) is 10.6 Å². The number of carboxylic acid groups (broad SMARTS) is 1. The summed E-state index contributed by atoms with van der Waals surface area (Å²) in [6.07, 6.45) is 0.760. The van der Waals surface area contributed by atoms with E-state index < -0.39 is 17.9 Å². The molecular weight excluding hydrogens is 272 g/mol. The maximum absolute atomic E-state index is 11.5. The van der Waals surface area contributed by atoms with Crippen LogP contribution in [0.4, 0.5) is 0 Å². The van der Waals surface area contributed by atoms with Crippen LogP contribution in [0.2, 0.25) is 0 Å². The molecule has 2 amide bonds. The molecule has 0 aromatic heterocycles. The third-order valence-corrected chi connectivity index (χ3v) is 2.91. The number of carbonyl (C=O) groups is 3. The van der Waals surface area contributed by atoms with Gasteiger partial charge in [-0.15, -0.1) is 0 Å². The zero-order chi connectivity index (χ0) is 15.7. The Balaban J connectivity index is 2.16. The van der Waals surface area contributed by atoms with Crippen molar-refractivity contribution in [3.05, 3.63) is 35.9 Å². The lowest BCUT2D eigenvalue weighted by Crippen LogP contribution is -2.38. The van der Waals surface area contributed by atoms with Crippen LogP contribution in [0, 0.1) is 0 Å². The predicted octanol–water partition coefficient (Wildman–Crippen LogP) is 0.715. The maximum Gasteiger partial charge on any atom is 0.325 e. The highest BCUT2D eigenvalue weighted by atomic mass is 16.4. The molecule has 0 aliphatic heterocycles. The number of aliphatic carboxylic acids is 1. The van der Waals surface area contributed by atoms with Crippen LogP contribution in [0.25, 0.3) is 0 Å². The van der Waals surface area contributed by atoms with Gasteiger partial charge in [0, 0.05) is 19.4 Å². The number of benzene rings is 1. The molecule has 0 aliphatic rings. The Morgan fingerprint density at radius 2 is 1.71 bits per heavy atom. The van der Waals surface area contributed by atoms with Gasteiger partial charge in [0.2, 0.25) is 11.8 Å². The first-order chi connectivity index (χ1) is 9.99. The first-order valence-electron chi connectivity index (χ1n) is 6.82. The van der Waals surface area contributed by atoms with Crippen LogP contribution in [0.3, 0.4) is 0 Å². The van der Waals surface area contributed by atoms with Gasteiger partial charge in [-0.3, -0.25) is 14.4 Å². The van der Waals surface area contributed by atoms with Gasteiger partial charge in [0.15, 0.2) is 0 Å². The summed E-state index contributed by atoms with van der Waals surface area (Å²) in [7, 11) is 0. The summed E-state index contributed by atoms with van der Waals surface area (Å²) < 4.78 is 0. The second-order valence-electron chi connectivity index (χ2n) is 4.71. The molecule has 3 N–H and O–H groups in total. The number of rotatable bonds is 8. The zero-order valence-corrected chi connectivity index (χ0v) is 12.0. The van der Waals surface area contributed by atoms with Crippen LogP contribution < -0.4 is 10.6 Å². The second-order valence-corrected chi connectivity index (χ2v) is 4.71. The Bertz CT molecular complexity index is 488. The molecule has 0 saturated carbocycles. The third kappa shape index (κ3) is 7.10. The highest BCUT2D eigenvalue weighted by molar-refractivity contribution is 5.86. The van der Waals surface area contributed by atoms with Crippen molar-refractivity contribution in [3.63, 3.8) is 0 Å². The Morgan fingerprint density at radius 1 is 1.10 bits per heavy atom. The Labute approximate surface area is 123 Å². The van der Waals surface area contributed by atoms with E-state index in [4.69, 9.17) is 5.11 Å². The van der Waals surface area contributed by atoms with E-state index in [1.807, 2.05) is 30.3 Å². The molecule has 0 bridgehead atoms. The van der Waals surface area contributed by atoms with Gasteiger partial charge in [-0.2, -0.15) is 0 Å². The summed E-state index contributed by atoms with van der Waals surface area (Å²) in [5.41, 5.74) is 1.13. The van der Waals surface area contributed by atoms with E-state index in [1.54, 1.807) is 0 Å². The minimum atomic E-state index is -1.10. The summed E-state index contributed by atoms with van der Waals surface area (Å²) in [6.45, 7) is 1.89. The number of nitrogens with one attached hydrogen (secondary N) is 2. The lowest BCUT2D eigenvalue weighted by Gasteiger charge is -2.09. The smallest absolute Gasteiger partial charge is 0.325 e. The first-order valence-corrected chi connectivity index (χ1v) is 6.82. The number of carbonyl (C=O) groups excluding carboxylic acids is 2. The highest BCUT2D eigenvalue weighted by Crippen LogP contribution is 1.98. The van der Waals surface area contributed by atoms with Gasteiger partial charge in [-0.05, 0) is 18.9 Å². The average Bonchev–Trinajstić information content (AvgIpc) is 2.46. The molecule has 0 saturated heterocycles. The van der Waals surface area contributed by atoms with E-state index in [0.29, 0.717) is 6.54 Å². The van der Waals surface area contributed by atoms with Gasteiger partial charge < -0.3 is 15.7 Å². The molecule has 0 aliphatic carbocycles. The normalized spacial score (nSPS) is 11.5. The minimum Gasteiger partial charge on any atom is -0.480 e. The molecule has 1 atom stereocenters. The second kappa shape index (κ2) is 8.73. The quantitative estimate of drug-likeness (QED) is 0.657. The van der Waals surface area contributed by atoms with Crippen LogP contribution in [0.1, 0.15) is 25.3 Å². The fourth-order valence-corrected chi connectivity index (χ4v) is 1.68. The number of hydrogen-bond donors (Lipinski definition) is 3. The molecule has 1 aromatic rings. The van der Waals surface area contributed by atoms with Gasteiger partial charge >= 0.3 is 5.97 Å². The van der Waals surface area contributed by atoms with Crippen LogP contribution >= 0.6 is 0 Å². The van der Waals surface area contributed by atoms with Crippen molar-refractivity contribution < 1.29 is 19.5 Å². The van der Waals surface area contributed by atoms with Crippen LogP contribution in [0.5, 0.6) is 0 Å². The van der Waals surface area contributed by atoms with Crippen molar-refractivity contribution in [3.8, 4) is 0 Å². The van der Waals surface area contributed by atoms with E-state index in [2.05, 4.69) is 10.6 Å². The summed E-state index contributed by atoms with van der Waals surface area (Å²) in [4.78, 5) is 33.5. The molecule has 6 nitrogen and oxygen atoms in total. The lowest BCUT2D eigenvalue weighted by atomic mass is 10.1. The van der Waals surface area contributed by atoms with Crippen LogP contribution in [-0.2, 0) is 20.8 Å². The maximum atomic E-state index is 11.5. The molecule has 21 heavy (non-hydrogen) atoms. The van der Waals surface area contributed by atoms with Crippen molar-refractivity contribution in [2.75, 3.05) is 6.54 Å². The standard InChI is InChI=1S/C15H20N2O4/c1-11(15(20)21)17-14(19)8-7-13(18)16-10-9-12-5-3-2-4-6-12/h2-6,11H,7-10H2,1H3,(H,16,18)(H,17,19)(H,20,21). The van der Waals surface area contributed by atoms with Crippen molar-refractivity contribution in [2.45, 2.75) is 32.2 Å². The Kier molecular flexibility index (Phi) is 6.94. The topological polar surface area (TPSA) is 95.5 Å². The number of carboxylic acids is 1. The predicted molar refractivity (Wildman–Crippen MR) is 77.6 cm³/mol. The van der Waals surface area contributed by atoms with E-state index >= 15 is 0 Å². The fourth-order valence-electron chi connectivity index (χ4n) is 1.68. The summed E-state index contributed by atoms with van der Waals surface area (Å²) in [5.74, 6) is -1.76.